The Hall–Kier alpha value is -1.27. The number of piperidine rings is 1. The van der Waals surface area contributed by atoms with Crippen LogP contribution in [0.3, 0.4) is 0 Å². The van der Waals surface area contributed by atoms with Gasteiger partial charge in [-0.25, -0.2) is 0 Å². The first-order chi connectivity index (χ1) is 8.92. The van der Waals surface area contributed by atoms with Gasteiger partial charge in [-0.05, 0) is 37.1 Å². The Morgan fingerprint density at radius 3 is 2.53 bits per heavy atom. The van der Waals surface area contributed by atoms with Gasteiger partial charge in [0.15, 0.2) is 0 Å². The quantitative estimate of drug-likeness (QED) is 0.920. The molecule has 2 rings (SSSR count). The average molecular weight is 274 g/mol. The molecule has 1 saturated heterocycles. The van der Waals surface area contributed by atoms with E-state index >= 15 is 0 Å². The predicted molar refractivity (Wildman–Crippen MR) is 65.6 cm³/mol. The first-order valence-corrected chi connectivity index (χ1v) is 6.25. The first-order valence-electron chi connectivity index (χ1n) is 6.25. The lowest BCUT2D eigenvalue weighted by molar-refractivity contribution is -0.274. The number of rotatable bonds is 3. The smallest absolute Gasteiger partial charge is 0.406 e. The van der Waals surface area contributed by atoms with Gasteiger partial charge in [-0.1, -0.05) is 12.1 Å². The zero-order valence-electron chi connectivity index (χ0n) is 10.5. The van der Waals surface area contributed by atoms with E-state index in [-0.39, 0.29) is 11.8 Å². The summed E-state index contributed by atoms with van der Waals surface area (Å²) in [5.74, 6) is -0.188. The Morgan fingerprint density at radius 1 is 1.26 bits per heavy atom. The average Bonchev–Trinajstić information content (AvgIpc) is 2.30. The number of nitrogens with zero attached hydrogens (tertiary/aromatic N) is 1. The minimum absolute atomic E-state index is 0.188. The summed E-state index contributed by atoms with van der Waals surface area (Å²) in [7, 11) is 0. The molecule has 1 heterocycles. The van der Waals surface area contributed by atoms with Crippen molar-refractivity contribution in [1.82, 2.24) is 4.90 Å². The number of ether oxygens (including phenoxy) is 1. The minimum atomic E-state index is -4.64. The van der Waals surface area contributed by atoms with Crippen molar-refractivity contribution in [3.63, 3.8) is 0 Å². The van der Waals surface area contributed by atoms with Gasteiger partial charge in [0.25, 0.3) is 0 Å². The molecule has 2 N–H and O–H groups in total. The summed E-state index contributed by atoms with van der Waals surface area (Å²) in [5, 5.41) is 0. The molecule has 0 spiro atoms. The number of likely N-dealkylation sites (tertiary alicyclic amines) is 1. The molecule has 1 aromatic rings. The van der Waals surface area contributed by atoms with Crippen molar-refractivity contribution in [2.45, 2.75) is 31.8 Å². The van der Waals surface area contributed by atoms with Crippen molar-refractivity contribution >= 4 is 0 Å². The molecule has 0 bridgehead atoms. The maximum absolute atomic E-state index is 12.0. The lowest BCUT2D eigenvalue weighted by Gasteiger charge is -2.30. The lowest BCUT2D eigenvalue weighted by Crippen LogP contribution is -2.42. The van der Waals surface area contributed by atoms with Crippen LogP contribution in [-0.4, -0.2) is 30.4 Å². The van der Waals surface area contributed by atoms with Gasteiger partial charge in [0.05, 0.1) is 0 Å². The molecule has 1 atom stereocenters. The molecule has 1 aromatic carbocycles. The predicted octanol–water partition coefficient (Wildman–Crippen LogP) is 2.51. The van der Waals surface area contributed by atoms with Gasteiger partial charge in [-0.3, -0.25) is 4.90 Å². The topological polar surface area (TPSA) is 38.5 Å². The molecule has 0 unspecified atom stereocenters. The summed E-state index contributed by atoms with van der Waals surface area (Å²) in [6.07, 6.45) is -2.54. The van der Waals surface area contributed by atoms with Crippen molar-refractivity contribution < 1.29 is 17.9 Å². The van der Waals surface area contributed by atoms with E-state index in [1.165, 1.54) is 12.1 Å². The normalized spacial score (nSPS) is 21.4. The van der Waals surface area contributed by atoms with Gasteiger partial charge >= 0.3 is 6.36 Å². The highest BCUT2D eigenvalue weighted by atomic mass is 19.4. The van der Waals surface area contributed by atoms with E-state index in [2.05, 4.69) is 9.64 Å². The van der Waals surface area contributed by atoms with Crippen molar-refractivity contribution in [3.8, 4) is 5.75 Å². The van der Waals surface area contributed by atoms with Crippen molar-refractivity contribution in [1.29, 1.82) is 0 Å². The van der Waals surface area contributed by atoms with E-state index in [4.69, 9.17) is 5.73 Å². The zero-order valence-corrected chi connectivity index (χ0v) is 10.5. The van der Waals surface area contributed by atoms with Crippen LogP contribution in [0.2, 0.25) is 0 Å². The fourth-order valence-electron chi connectivity index (χ4n) is 2.29. The van der Waals surface area contributed by atoms with Crippen LogP contribution >= 0.6 is 0 Å². The number of halogens is 3. The number of benzene rings is 1. The largest absolute Gasteiger partial charge is 0.573 e. The molecule has 0 radical (unpaired) electrons. The van der Waals surface area contributed by atoms with E-state index in [1.807, 2.05) is 0 Å². The number of hydrogen-bond donors (Lipinski definition) is 1. The Kier molecular flexibility index (Phi) is 4.31. The van der Waals surface area contributed by atoms with Gasteiger partial charge in [0, 0.05) is 19.1 Å². The molecule has 6 heteroatoms. The molecule has 0 amide bonds. The summed E-state index contributed by atoms with van der Waals surface area (Å²) in [6, 6.07) is 6.18. The van der Waals surface area contributed by atoms with Crippen LogP contribution in [0, 0.1) is 0 Å². The van der Waals surface area contributed by atoms with E-state index in [9.17, 15) is 13.2 Å². The van der Waals surface area contributed by atoms with E-state index < -0.39 is 6.36 Å². The molecule has 0 aliphatic carbocycles. The summed E-state index contributed by atoms with van der Waals surface area (Å²) >= 11 is 0. The lowest BCUT2D eigenvalue weighted by atomic mass is 10.1. The Morgan fingerprint density at radius 2 is 1.95 bits per heavy atom. The fraction of sp³-hybridized carbons (Fsp3) is 0.538. The second-order valence-electron chi connectivity index (χ2n) is 4.83. The van der Waals surface area contributed by atoms with Gasteiger partial charge in [-0.15, -0.1) is 13.2 Å². The maximum Gasteiger partial charge on any atom is 0.573 e. The molecule has 106 valence electrons. The third-order valence-electron chi connectivity index (χ3n) is 3.11. The maximum atomic E-state index is 12.0. The van der Waals surface area contributed by atoms with E-state index in [0.717, 1.165) is 31.5 Å². The third kappa shape index (κ3) is 4.72. The summed E-state index contributed by atoms with van der Waals surface area (Å²) < 4.78 is 39.9. The molecule has 1 aliphatic heterocycles. The van der Waals surface area contributed by atoms with Crippen LogP contribution in [0.5, 0.6) is 5.75 Å². The van der Waals surface area contributed by atoms with Gasteiger partial charge < -0.3 is 10.5 Å². The third-order valence-corrected chi connectivity index (χ3v) is 3.11. The standard InChI is InChI=1S/C13H17F3N2O/c14-13(15,16)19-12-5-3-10(4-6-12)8-18-7-1-2-11(17)9-18/h3-6,11H,1-2,7-9,17H2/t11-/m1/s1. The van der Waals surface area contributed by atoms with Crippen LogP contribution in [0.1, 0.15) is 18.4 Å². The molecule has 1 fully saturated rings. The number of alkyl halides is 3. The highest BCUT2D eigenvalue weighted by Crippen LogP contribution is 2.23. The van der Waals surface area contributed by atoms with Crippen LogP contribution < -0.4 is 10.5 Å². The Bertz CT molecular complexity index is 405. The van der Waals surface area contributed by atoms with Crippen molar-refractivity contribution in [3.05, 3.63) is 29.8 Å². The van der Waals surface area contributed by atoms with Crippen LogP contribution in [0.4, 0.5) is 13.2 Å². The molecular weight excluding hydrogens is 257 g/mol. The van der Waals surface area contributed by atoms with Crippen LogP contribution in [0.15, 0.2) is 24.3 Å². The van der Waals surface area contributed by atoms with Gasteiger partial charge in [0.1, 0.15) is 5.75 Å². The SMILES string of the molecule is N[C@@H]1CCCN(Cc2ccc(OC(F)(F)F)cc2)C1. The summed E-state index contributed by atoms with van der Waals surface area (Å²) in [4.78, 5) is 2.22. The second-order valence-corrected chi connectivity index (χ2v) is 4.83. The highest BCUT2D eigenvalue weighted by Gasteiger charge is 2.30. The summed E-state index contributed by atoms with van der Waals surface area (Å²) in [6.45, 7) is 2.52. The van der Waals surface area contributed by atoms with Crippen LogP contribution in [-0.2, 0) is 6.54 Å². The van der Waals surface area contributed by atoms with Gasteiger partial charge in [-0.2, -0.15) is 0 Å². The Labute approximate surface area is 110 Å². The summed E-state index contributed by atoms with van der Waals surface area (Å²) in [5.41, 5.74) is 6.85. The van der Waals surface area contributed by atoms with Crippen molar-refractivity contribution in [2.75, 3.05) is 13.1 Å². The number of hydrogen-bond acceptors (Lipinski definition) is 3. The molecule has 3 nitrogen and oxygen atoms in total. The monoisotopic (exact) mass is 274 g/mol. The molecule has 19 heavy (non-hydrogen) atoms. The molecule has 1 aliphatic rings. The van der Waals surface area contributed by atoms with Gasteiger partial charge in [0.2, 0.25) is 0 Å². The van der Waals surface area contributed by atoms with E-state index in [1.54, 1.807) is 12.1 Å². The first kappa shape index (κ1) is 14.1. The van der Waals surface area contributed by atoms with Crippen molar-refractivity contribution in [2.24, 2.45) is 5.73 Å². The Balaban J connectivity index is 1.91. The molecule has 0 saturated carbocycles. The fourth-order valence-corrected chi connectivity index (χ4v) is 2.29. The second kappa shape index (κ2) is 5.79. The zero-order chi connectivity index (χ0) is 13.9. The van der Waals surface area contributed by atoms with E-state index in [0.29, 0.717) is 6.54 Å². The molecular formula is C13H17F3N2O. The van der Waals surface area contributed by atoms with Crippen LogP contribution in [0.25, 0.3) is 0 Å². The number of nitrogens with two attached hydrogens (primary N) is 1. The minimum Gasteiger partial charge on any atom is -0.406 e. The highest BCUT2D eigenvalue weighted by molar-refractivity contribution is 5.27. The molecule has 0 aromatic heterocycles.